The van der Waals surface area contributed by atoms with Crippen molar-refractivity contribution in [1.82, 2.24) is 5.32 Å². The summed E-state index contributed by atoms with van der Waals surface area (Å²) in [6.07, 6.45) is 1.19. The van der Waals surface area contributed by atoms with Crippen LogP contribution >= 0.6 is 0 Å². The number of aryl methyl sites for hydroxylation is 2. The van der Waals surface area contributed by atoms with Crippen molar-refractivity contribution in [1.29, 1.82) is 0 Å². The monoisotopic (exact) mass is 273 g/mol. The highest BCUT2D eigenvalue weighted by Gasteiger charge is 2.67. The number of rotatable bonds is 5. The van der Waals surface area contributed by atoms with Crippen LogP contribution in [0.1, 0.15) is 63.8 Å². The lowest BCUT2D eigenvalue weighted by atomic mass is 9.91. The average Bonchev–Trinajstić information content (AvgIpc) is 2.76. The summed E-state index contributed by atoms with van der Waals surface area (Å²) in [7, 11) is 0. The second kappa shape index (κ2) is 5.18. The molecule has 1 nitrogen and oxygen atoms in total. The predicted octanol–water partition coefficient (Wildman–Crippen LogP) is 5.03. The summed E-state index contributed by atoms with van der Waals surface area (Å²) in [6.45, 7) is 17.5. The third-order valence-electron chi connectivity index (χ3n) is 5.85. The van der Waals surface area contributed by atoms with E-state index in [2.05, 4.69) is 72.0 Å². The standard InChI is InChI=1S/C19H31N/c1-8-11-20-16(17-18(4,5)19(17,6)7)15-12-13(2)9-10-14(15)3/h9-10,12,16-17,20H,8,11H2,1-7H3. The third kappa shape index (κ3) is 2.41. The molecule has 1 unspecified atom stereocenters. The highest BCUT2D eigenvalue weighted by atomic mass is 15.0. The summed E-state index contributed by atoms with van der Waals surface area (Å²) < 4.78 is 0. The Hall–Kier alpha value is -0.820. The van der Waals surface area contributed by atoms with Crippen LogP contribution in [-0.2, 0) is 0 Å². The molecule has 1 saturated carbocycles. The largest absolute Gasteiger partial charge is 0.310 e. The van der Waals surface area contributed by atoms with E-state index in [0.717, 1.165) is 6.54 Å². The fourth-order valence-electron chi connectivity index (χ4n) is 3.88. The van der Waals surface area contributed by atoms with E-state index in [1.54, 1.807) is 0 Å². The molecule has 2 rings (SSSR count). The summed E-state index contributed by atoms with van der Waals surface area (Å²) in [5.74, 6) is 0.710. The van der Waals surface area contributed by atoms with Crippen LogP contribution in [0.3, 0.4) is 0 Å². The van der Waals surface area contributed by atoms with Gasteiger partial charge in [0.2, 0.25) is 0 Å². The molecular formula is C19H31N. The summed E-state index contributed by atoms with van der Waals surface area (Å²) in [6, 6.07) is 7.36. The van der Waals surface area contributed by atoms with E-state index >= 15 is 0 Å². The van der Waals surface area contributed by atoms with Gasteiger partial charge in [0.05, 0.1) is 0 Å². The molecule has 1 aromatic rings. The van der Waals surface area contributed by atoms with Crippen LogP contribution in [0.25, 0.3) is 0 Å². The van der Waals surface area contributed by atoms with Crippen LogP contribution < -0.4 is 5.32 Å². The lowest BCUT2D eigenvalue weighted by molar-refractivity contribution is 0.408. The zero-order valence-corrected chi connectivity index (χ0v) is 14.3. The van der Waals surface area contributed by atoms with Gasteiger partial charge in [-0.3, -0.25) is 0 Å². The molecule has 1 N–H and O–H groups in total. The first-order valence-corrected chi connectivity index (χ1v) is 8.04. The van der Waals surface area contributed by atoms with Gasteiger partial charge in [0.25, 0.3) is 0 Å². The predicted molar refractivity (Wildman–Crippen MR) is 88.0 cm³/mol. The van der Waals surface area contributed by atoms with Crippen LogP contribution in [-0.4, -0.2) is 6.54 Å². The molecule has 0 saturated heterocycles. The number of hydrogen-bond acceptors (Lipinski definition) is 1. The highest BCUT2D eigenvalue weighted by molar-refractivity contribution is 5.36. The molecule has 0 radical (unpaired) electrons. The van der Waals surface area contributed by atoms with Crippen molar-refractivity contribution in [2.45, 2.75) is 60.9 Å². The van der Waals surface area contributed by atoms with E-state index in [-0.39, 0.29) is 0 Å². The molecule has 0 amide bonds. The Kier molecular flexibility index (Phi) is 4.03. The van der Waals surface area contributed by atoms with E-state index in [9.17, 15) is 0 Å². The fourth-order valence-corrected chi connectivity index (χ4v) is 3.88. The Labute approximate surface area is 125 Å². The Balaban J connectivity index is 2.37. The zero-order chi connectivity index (χ0) is 15.1. The average molecular weight is 273 g/mol. The van der Waals surface area contributed by atoms with Crippen molar-refractivity contribution < 1.29 is 0 Å². The van der Waals surface area contributed by atoms with E-state index < -0.39 is 0 Å². The van der Waals surface area contributed by atoms with Gasteiger partial charge >= 0.3 is 0 Å². The van der Waals surface area contributed by atoms with Gasteiger partial charge in [-0.2, -0.15) is 0 Å². The lowest BCUT2D eigenvalue weighted by Crippen LogP contribution is -2.27. The molecular weight excluding hydrogens is 242 g/mol. The van der Waals surface area contributed by atoms with Crippen molar-refractivity contribution in [3.63, 3.8) is 0 Å². The maximum absolute atomic E-state index is 3.83. The number of benzene rings is 1. The molecule has 1 aliphatic rings. The Bertz CT molecular complexity index is 471. The molecule has 0 spiro atoms. The molecule has 1 atom stereocenters. The van der Waals surface area contributed by atoms with Gasteiger partial charge in [0.1, 0.15) is 0 Å². The number of nitrogens with one attached hydrogen (secondary N) is 1. The molecule has 112 valence electrons. The zero-order valence-electron chi connectivity index (χ0n) is 14.3. The van der Waals surface area contributed by atoms with Gasteiger partial charge < -0.3 is 5.32 Å². The summed E-state index contributed by atoms with van der Waals surface area (Å²) in [4.78, 5) is 0. The van der Waals surface area contributed by atoms with Crippen LogP contribution in [0, 0.1) is 30.6 Å². The van der Waals surface area contributed by atoms with E-state index in [1.807, 2.05) is 0 Å². The Morgan fingerprint density at radius 1 is 1.10 bits per heavy atom. The second-order valence-corrected chi connectivity index (χ2v) is 7.71. The van der Waals surface area contributed by atoms with E-state index in [1.165, 1.54) is 23.1 Å². The third-order valence-corrected chi connectivity index (χ3v) is 5.85. The molecule has 20 heavy (non-hydrogen) atoms. The summed E-state index contributed by atoms with van der Waals surface area (Å²) in [5, 5.41) is 3.83. The van der Waals surface area contributed by atoms with Crippen LogP contribution in [0.2, 0.25) is 0 Å². The van der Waals surface area contributed by atoms with Gasteiger partial charge in [-0.05, 0) is 54.7 Å². The lowest BCUT2D eigenvalue weighted by Gasteiger charge is -2.24. The van der Waals surface area contributed by atoms with Gasteiger partial charge in [-0.25, -0.2) is 0 Å². The van der Waals surface area contributed by atoms with Crippen molar-refractivity contribution in [2.75, 3.05) is 6.54 Å². The first-order valence-electron chi connectivity index (χ1n) is 8.04. The molecule has 0 heterocycles. The SMILES string of the molecule is CCCNC(c1cc(C)ccc1C)C1C(C)(C)C1(C)C. The first-order chi connectivity index (χ1) is 9.23. The maximum atomic E-state index is 3.83. The first kappa shape index (κ1) is 15.6. The molecule has 1 aliphatic carbocycles. The smallest absolute Gasteiger partial charge is 0.0362 e. The van der Waals surface area contributed by atoms with Crippen LogP contribution in [0.15, 0.2) is 18.2 Å². The molecule has 1 fully saturated rings. The van der Waals surface area contributed by atoms with Crippen molar-refractivity contribution >= 4 is 0 Å². The van der Waals surface area contributed by atoms with Crippen molar-refractivity contribution in [3.05, 3.63) is 34.9 Å². The molecule has 0 aliphatic heterocycles. The minimum atomic E-state index is 0.411. The molecule has 0 bridgehead atoms. The summed E-state index contributed by atoms with van der Waals surface area (Å²) >= 11 is 0. The Morgan fingerprint density at radius 2 is 1.70 bits per heavy atom. The fraction of sp³-hybridized carbons (Fsp3) is 0.684. The van der Waals surface area contributed by atoms with Gasteiger partial charge in [0, 0.05) is 6.04 Å². The van der Waals surface area contributed by atoms with E-state index in [4.69, 9.17) is 0 Å². The quantitative estimate of drug-likeness (QED) is 0.793. The summed E-state index contributed by atoms with van der Waals surface area (Å²) in [5.41, 5.74) is 5.11. The molecule has 0 aromatic heterocycles. The normalized spacial score (nSPS) is 21.8. The van der Waals surface area contributed by atoms with Crippen LogP contribution in [0.4, 0.5) is 0 Å². The highest BCUT2D eigenvalue weighted by Crippen LogP contribution is 2.72. The van der Waals surface area contributed by atoms with Crippen molar-refractivity contribution in [3.8, 4) is 0 Å². The number of hydrogen-bond donors (Lipinski definition) is 1. The van der Waals surface area contributed by atoms with E-state index in [0.29, 0.717) is 22.8 Å². The van der Waals surface area contributed by atoms with Gasteiger partial charge in [-0.15, -0.1) is 0 Å². The van der Waals surface area contributed by atoms with Gasteiger partial charge in [-0.1, -0.05) is 58.4 Å². The minimum Gasteiger partial charge on any atom is -0.310 e. The van der Waals surface area contributed by atoms with Gasteiger partial charge in [0.15, 0.2) is 0 Å². The second-order valence-electron chi connectivity index (χ2n) is 7.71. The topological polar surface area (TPSA) is 12.0 Å². The minimum absolute atomic E-state index is 0.411. The maximum Gasteiger partial charge on any atom is 0.0362 e. The Morgan fingerprint density at radius 3 is 2.20 bits per heavy atom. The van der Waals surface area contributed by atoms with Crippen molar-refractivity contribution in [2.24, 2.45) is 16.7 Å². The molecule has 1 heteroatoms. The van der Waals surface area contributed by atoms with Crippen LogP contribution in [0.5, 0.6) is 0 Å². The molecule has 1 aromatic carbocycles.